The molecule has 0 saturated heterocycles. The summed E-state index contributed by atoms with van der Waals surface area (Å²) in [5.74, 6) is -1.91. The van der Waals surface area contributed by atoms with Crippen LogP contribution in [0.2, 0.25) is 0 Å². The molecular formula is C12H14MgO4. The third-order valence-corrected chi connectivity index (χ3v) is 1.75. The van der Waals surface area contributed by atoms with Crippen molar-refractivity contribution in [3.63, 3.8) is 0 Å². The average molecular weight is 247 g/mol. The molecule has 0 aliphatic heterocycles. The Hall–Kier alpha value is -1.33. The zero-order chi connectivity index (χ0) is 11.8. The summed E-state index contributed by atoms with van der Waals surface area (Å²) in [5, 5.41) is 8.30. The van der Waals surface area contributed by atoms with E-state index in [0.29, 0.717) is 0 Å². The Balaban J connectivity index is 0.00000256. The molecule has 0 radical (unpaired) electrons. The summed E-state index contributed by atoms with van der Waals surface area (Å²) in [4.78, 5) is 21.0. The van der Waals surface area contributed by atoms with Crippen molar-refractivity contribution in [2.75, 3.05) is 6.61 Å². The molecule has 0 heterocycles. The van der Waals surface area contributed by atoms with E-state index in [4.69, 9.17) is 5.11 Å². The second-order valence-corrected chi connectivity index (χ2v) is 3.07. The molecule has 1 aromatic carbocycles. The third-order valence-electron chi connectivity index (χ3n) is 1.75. The van der Waals surface area contributed by atoms with Crippen LogP contribution in [0.25, 0.3) is 6.08 Å². The van der Waals surface area contributed by atoms with Crippen LogP contribution in [0.4, 0.5) is 0 Å². The van der Waals surface area contributed by atoms with Gasteiger partial charge in [-0.3, -0.25) is 9.59 Å². The zero-order valence-corrected chi connectivity index (χ0v) is 8.63. The van der Waals surface area contributed by atoms with Gasteiger partial charge >= 0.3 is 35.0 Å². The highest BCUT2D eigenvalue weighted by atomic mass is 24.3. The van der Waals surface area contributed by atoms with Gasteiger partial charge in [0.25, 0.3) is 0 Å². The van der Waals surface area contributed by atoms with Gasteiger partial charge in [-0.05, 0) is 11.6 Å². The topological polar surface area (TPSA) is 63.6 Å². The van der Waals surface area contributed by atoms with Crippen LogP contribution in [-0.2, 0) is 14.3 Å². The molecule has 1 aromatic rings. The smallest absolute Gasteiger partial charge is 0.317 e. The molecule has 0 aliphatic rings. The van der Waals surface area contributed by atoms with Gasteiger partial charge in [-0.15, -0.1) is 0 Å². The van der Waals surface area contributed by atoms with E-state index in [-0.39, 0.29) is 29.7 Å². The molecule has 0 spiro atoms. The van der Waals surface area contributed by atoms with Gasteiger partial charge in [-0.25, -0.2) is 0 Å². The quantitative estimate of drug-likeness (QED) is 0.474. The Morgan fingerprint density at radius 1 is 1.24 bits per heavy atom. The summed E-state index contributed by atoms with van der Waals surface area (Å²) in [6.45, 7) is 0.0843. The number of ether oxygens (including phenoxy) is 1. The molecule has 0 saturated carbocycles. The van der Waals surface area contributed by atoms with Crippen LogP contribution in [-0.4, -0.2) is 46.7 Å². The normalized spacial score (nSPS) is 9.65. The van der Waals surface area contributed by atoms with E-state index in [1.165, 1.54) is 0 Å². The lowest BCUT2D eigenvalue weighted by atomic mass is 10.2. The Bertz CT molecular complexity index is 387. The number of benzene rings is 1. The first-order valence-corrected chi connectivity index (χ1v) is 4.77. The second kappa shape index (κ2) is 8.78. The summed E-state index contributed by atoms with van der Waals surface area (Å²) in [7, 11) is 0. The predicted octanol–water partition coefficient (Wildman–Crippen LogP) is 0.801. The van der Waals surface area contributed by atoms with Gasteiger partial charge in [0.1, 0.15) is 13.0 Å². The summed E-state index contributed by atoms with van der Waals surface area (Å²) in [6, 6.07) is 9.53. The number of aliphatic carboxylic acids is 1. The lowest BCUT2D eigenvalue weighted by molar-refractivity contribution is -0.150. The third kappa shape index (κ3) is 7.54. The van der Waals surface area contributed by atoms with Crippen molar-refractivity contribution < 1.29 is 19.4 Å². The number of hydrogen-bond acceptors (Lipinski definition) is 3. The molecule has 0 unspecified atom stereocenters. The van der Waals surface area contributed by atoms with Crippen LogP contribution < -0.4 is 0 Å². The Labute approximate surface area is 115 Å². The van der Waals surface area contributed by atoms with Gasteiger partial charge in [-0.1, -0.05) is 36.4 Å². The molecule has 0 bridgehead atoms. The summed E-state index contributed by atoms with van der Waals surface area (Å²) in [6.07, 6.45) is 2.86. The van der Waals surface area contributed by atoms with Crippen molar-refractivity contribution in [2.45, 2.75) is 6.42 Å². The molecule has 0 atom stereocenters. The van der Waals surface area contributed by atoms with Crippen LogP contribution in [0.5, 0.6) is 0 Å². The maximum Gasteiger partial charge on any atom is 0.317 e. The minimum atomic E-state index is -1.18. The number of hydrogen-bond donors (Lipinski definition) is 1. The number of carbonyl (C=O) groups excluding carboxylic acids is 1. The summed E-state index contributed by atoms with van der Waals surface area (Å²) < 4.78 is 4.67. The van der Waals surface area contributed by atoms with Gasteiger partial charge in [0.05, 0.1) is 0 Å². The van der Waals surface area contributed by atoms with Gasteiger partial charge in [0.2, 0.25) is 0 Å². The van der Waals surface area contributed by atoms with Crippen LogP contribution in [0.3, 0.4) is 0 Å². The fourth-order valence-corrected chi connectivity index (χ4v) is 1.06. The molecule has 4 nitrogen and oxygen atoms in total. The average Bonchev–Trinajstić information content (AvgIpc) is 2.25. The van der Waals surface area contributed by atoms with Gasteiger partial charge in [0, 0.05) is 0 Å². The van der Waals surface area contributed by atoms with Crippen molar-refractivity contribution >= 4 is 41.1 Å². The fraction of sp³-hybridized carbons (Fsp3) is 0.167. The molecule has 88 valence electrons. The SMILES string of the molecule is O=C(O)CC(=O)OC/C=C/c1ccccc1.[MgH2]. The van der Waals surface area contributed by atoms with Crippen LogP contribution in [0, 0.1) is 0 Å². The van der Waals surface area contributed by atoms with Gasteiger partial charge in [-0.2, -0.15) is 0 Å². The highest BCUT2D eigenvalue weighted by Crippen LogP contribution is 2.00. The lowest BCUT2D eigenvalue weighted by Gasteiger charge is -1.98. The highest BCUT2D eigenvalue weighted by Gasteiger charge is 2.06. The number of rotatable bonds is 5. The van der Waals surface area contributed by atoms with Crippen LogP contribution in [0.15, 0.2) is 36.4 Å². The second-order valence-electron chi connectivity index (χ2n) is 3.07. The molecule has 0 aliphatic carbocycles. The predicted molar refractivity (Wildman–Crippen MR) is 67.2 cm³/mol. The molecule has 0 aromatic heterocycles. The minimum absolute atomic E-state index is 0. The Morgan fingerprint density at radius 2 is 1.88 bits per heavy atom. The first-order valence-electron chi connectivity index (χ1n) is 4.77. The van der Waals surface area contributed by atoms with Crippen molar-refractivity contribution in [1.29, 1.82) is 0 Å². The summed E-state index contributed by atoms with van der Waals surface area (Å²) >= 11 is 0. The lowest BCUT2D eigenvalue weighted by Crippen LogP contribution is -2.10. The molecular weight excluding hydrogens is 232 g/mol. The maximum atomic E-state index is 10.8. The zero-order valence-electron chi connectivity index (χ0n) is 8.63. The first-order chi connectivity index (χ1) is 7.68. The standard InChI is InChI=1S/C12H12O4.Mg.2H/c13-11(14)9-12(15)16-8-4-7-10-5-2-1-3-6-10;;;/h1-7H,8-9H2,(H,13,14);;;/b7-4+;;;. The first kappa shape index (κ1) is 15.7. The van der Waals surface area contributed by atoms with Crippen molar-refractivity contribution in [3.8, 4) is 0 Å². The van der Waals surface area contributed by atoms with E-state index in [2.05, 4.69) is 4.74 Å². The highest BCUT2D eigenvalue weighted by molar-refractivity contribution is 5.90. The molecule has 0 amide bonds. The van der Waals surface area contributed by atoms with E-state index < -0.39 is 18.4 Å². The van der Waals surface area contributed by atoms with E-state index >= 15 is 0 Å². The largest absolute Gasteiger partial charge is 0.481 e. The Kier molecular flexibility index (Phi) is 8.09. The number of carbonyl (C=O) groups is 2. The maximum absolute atomic E-state index is 10.8. The molecule has 17 heavy (non-hydrogen) atoms. The van der Waals surface area contributed by atoms with Crippen LogP contribution in [0.1, 0.15) is 12.0 Å². The molecule has 0 fully saturated rings. The minimum Gasteiger partial charge on any atom is -0.481 e. The van der Waals surface area contributed by atoms with E-state index in [1.807, 2.05) is 30.3 Å². The van der Waals surface area contributed by atoms with E-state index in [9.17, 15) is 9.59 Å². The van der Waals surface area contributed by atoms with E-state index in [1.54, 1.807) is 12.2 Å². The number of esters is 1. The van der Waals surface area contributed by atoms with Crippen molar-refractivity contribution in [3.05, 3.63) is 42.0 Å². The number of carboxylic acids is 1. The fourth-order valence-electron chi connectivity index (χ4n) is 1.06. The monoisotopic (exact) mass is 246 g/mol. The van der Waals surface area contributed by atoms with Gasteiger partial charge < -0.3 is 9.84 Å². The van der Waals surface area contributed by atoms with Gasteiger partial charge in [0.15, 0.2) is 0 Å². The van der Waals surface area contributed by atoms with E-state index in [0.717, 1.165) is 5.56 Å². The number of carboxylic acid groups (broad SMARTS) is 1. The molecule has 1 rings (SSSR count). The Morgan fingerprint density at radius 3 is 2.47 bits per heavy atom. The molecule has 1 N–H and O–H groups in total. The van der Waals surface area contributed by atoms with Crippen molar-refractivity contribution in [2.24, 2.45) is 0 Å². The van der Waals surface area contributed by atoms with Crippen LogP contribution >= 0.6 is 0 Å². The summed E-state index contributed by atoms with van der Waals surface area (Å²) in [5.41, 5.74) is 0.997. The van der Waals surface area contributed by atoms with Crippen molar-refractivity contribution in [1.82, 2.24) is 0 Å². The molecule has 5 heteroatoms.